The summed E-state index contributed by atoms with van der Waals surface area (Å²) in [5, 5.41) is 7.19. The van der Waals surface area contributed by atoms with E-state index in [0.29, 0.717) is 19.4 Å². The molecule has 1 aliphatic heterocycles. The molecule has 0 unspecified atom stereocenters. The van der Waals surface area contributed by atoms with Crippen molar-refractivity contribution < 1.29 is 9.53 Å². The first-order chi connectivity index (χ1) is 9.52. The monoisotopic (exact) mass is 280 g/mol. The lowest BCUT2D eigenvalue weighted by atomic mass is 10.0. The number of nitrogens with two attached hydrogens (primary N) is 1. The fourth-order valence-corrected chi connectivity index (χ4v) is 2.57. The van der Waals surface area contributed by atoms with Crippen LogP contribution in [0.4, 0.5) is 0 Å². The average Bonchev–Trinajstić information content (AvgIpc) is 2.76. The van der Waals surface area contributed by atoms with Gasteiger partial charge in [0.25, 0.3) is 0 Å². The SMILES string of the molecule is CO[C@@H]1CN(C(=O)CCc2n[nH]c(C)c2C)CC[C@@H]1N. The fraction of sp³-hybridized carbons (Fsp3) is 0.714. The van der Waals surface area contributed by atoms with Crippen LogP contribution in [0.3, 0.4) is 0 Å². The van der Waals surface area contributed by atoms with E-state index in [0.717, 1.165) is 29.9 Å². The number of likely N-dealkylation sites (tertiary alicyclic amines) is 1. The molecule has 0 spiro atoms. The van der Waals surface area contributed by atoms with E-state index in [1.807, 2.05) is 18.7 Å². The summed E-state index contributed by atoms with van der Waals surface area (Å²) in [7, 11) is 1.65. The largest absolute Gasteiger partial charge is 0.378 e. The smallest absolute Gasteiger partial charge is 0.223 e. The molecule has 1 amide bonds. The van der Waals surface area contributed by atoms with E-state index < -0.39 is 0 Å². The number of hydrogen-bond acceptors (Lipinski definition) is 4. The molecule has 0 saturated carbocycles. The molecule has 1 aromatic rings. The second-order valence-electron chi connectivity index (χ2n) is 5.49. The highest BCUT2D eigenvalue weighted by atomic mass is 16.5. The van der Waals surface area contributed by atoms with Crippen LogP contribution in [0.5, 0.6) is 0 Å². The number of aromatic nitrogens is 2. The van der Waals surface area contributed by atoms with Gasteiger partial charge in [0.2, 0.25) is 5.91 Å². The quantitative estimate of drug-likeness (QED) is 0.843. The van der Waals surface area contributed by atoms with Gasteiger partial charge in [0.15, 0.2) is 0 Å². The molecule has 112 valence electrons. The second-order valence-corrected chi connectivity index (χ2v) is 5.49. The van der Waals surface area contributed by atoms with Crippen molar-refractivity contribution in [1.29, 1.82) is 0 Å². The van der Waals surface area contributed by atoms with Crippen LogP contribution in [0.15, 0.2) is 0 Å². The number of ether oxygens (including phenoxy) is 1. The average molecular weight is 280 g/mol. The molecular weight excluding hydrogens is 256 g/mol. The molecule has 0 aliphatic carbocycles. The number of aromatic amines is 1. The Labute approximate surface area is 119 Å². The summed E-state index contributed by atoms with van der Waals surface area (Å²) in [5.41, 5.74) is 9.15. The summed E-state index contributed by atoms with van der Waals surface area (Å²) in [6.45, 7) is 5.33. The number of methoxy groups -OCH3 is 1. The van der Waals surface area contributed by atoms with E-state index in [1.54, 1.807) is 7.11 Å². The van der Waals surface area contributed by atoms with Gasteiger partial charge in [-0.1, -0.05) is 0 Å². The zero-order chi connectivity index (χ0) is 14.7. The van der Waals surface area contributed by atoms with Crippen molar-refractivity contribution in [1.82, 2.24) is 15.1 Å². The van der Waals surface area contributed by atoms with E-state index in [9.17, 15) is 4.79 Å². The minimum absolute atomic E-state index is 0.0280. The van der Waals surface area contributed by atoms with Crippen LogP contribution in [0, 0.1) is 13.8 Å². The standard InChI is InChI=1S/C14H24N4O2/c1-9-10(2)16-17-12(9)4-5-14(19)18-7-6-11(15)13(8-18)20-3/h11,13H,4-8,15H2,1-3H3,(H,16,17)/t11-,13+/m0/s1. The molecule has 2 heterocycles. The van der Waals surface area contributed by atoms with E-state index >= 15 is 0 Å². The Hall–Kier alpha value is -1.40. The van der Waals surface area contributed by atoms with Gasteiger partial charge in [-0.3, -0.25) is 9.89 Å². The molecule has 1 aliphatic rings. The number of H-pyrrole nitrogens is 1. The summed E-state index contributed by atoms with van der Waals surface area (Å²) in [5.74, 6) is 0.152. The summed E-state index contributed by atoms with van der Waals surface area (Å²) in [6.07, 6.45) is 1.90. The first kappa shape index (κ1) is 15.0. The third-order valence-electron chi connectivity index (χ3n) is 4.20. The lowest BCUT2D eigenvalue weighted by molar-refractivity contribution is -0.135. The number of nitrogens with one attached hydrogen (secondary N) is 1. The molecule has 1 fully saturated rings. The topological polar surface area (TPSA) is 84.2 Å². The van der Waals surface area contributed by atoms with Gasteiger partial charge in [-0.25, -0.2) is 0 Å². The van der Waals surface area contributed by atoms with Crippen LogP contribution in [-0.4, -0.2) is 53.3 Å². The second kappa shape index (κ2) is 6.37. The first-order valence-corrected chi connectivity index (χ1v) is 7.09. The lowest BCUT2D eigenvalue weighted by Crippen LogP contribution is -2.53. The summed E-state index contributed by atoms with van der Waals surface area (Å²) >= 11 is 0. The molecule has 20 heavy (non-hydrogen) atoms. The van der Waals surface area contributed by atoms with E-state index in [-0.39, 0.29) is 18.1 Å². The van der Waals surface area contributed by atoms with Gasteiger partial charge in [0.05, 0.1) is 11.8 Å². The first-order valence-electron chi connectivity index (χ1n) is 7.09. The molecule has 1 aromatic heterocycles. The molecule has 0 bridgehead atoms. The van der Waals surface area contributed by atoms with Gasteiger partial charge >= 0.3 is 0 Å². The van der Waals surface area contributed by atoms with Crippen molar-refractivity contribution in [3.8, 4) is 0 Å². The Morgan fingerprint density at radius 2 is 2.30 bits per heavy atom. The molecule has 6 nitrogen and oxygen atoms in total. The van der Waals surface area contributed by atoms with Crippen LogP contribution in [0.2, 0.25) is 0 Å². The summed E-state index contributed by atoms with van der Waals surface area (Å²) in [4.78, 5) is 14.1. The Balaban J connectivity index is 1.87. The van der Waals surface area contributed by atoms with Gasteiger partial charge in [0, 0.05) is 44.8 Å². The molecule has 2 atom stereocenters. The molecule has 0 aromatic carbocycles. The number of carbonyl (C=O) groups is 1. The normalized spacial score (nSPS) is 23.1. The third-order valence-corrected chi connectivity index (χ3v) is 4.20. The third kappa shape index (κ3) is 3.19. The van der Waals surface area contributed by atoms with E-state index in [2.05, 4.69) is 10.2 Å². The minimum atomic E-state index is -0.0536. The van der Waals surface area contributed by atoms with Crippen molar-refractivity contribution in [3.05, 3.63) is 17.0 Å². The van der Waals surface area contributed by atoms with Crippen molar-refractivity contribution >= 4 is 5.91 Å². The highest BCUT2D eigenvalue weighted by Gasteiger charge is 2.29. The van der Waals surface area contributed by atoms with Crippen molar-refractivity contribution in [2.24, 2.45) is 5.73 Å². The van der Waals surface area contributed by atoms with Crippen molar-refractivity contribution in [2.45, 2.75) is 45.3 Å². The highest BCUT2D eigenvalue weighted by Crippen LogP contribution is 2.15. The van der Waals surface area contributed by atoms with Crippen molar-refractivity contribution in [2.75, 3.05) is 20.2 Å². The lowest BCUT2D eigenvalue weighted by Gasteiger charge is -2.36. The van der Waals surface area contributed by atoms with Crippen LogP contribution >= 0.6 is 0 Å². The molecular formula is C14H24N4O2. The number of piperidine rings is 1. The highest BCUT2D eigenvalue weighted by molar-refractivity contribution is 5.76. The van der Waals surface area contributed by atoms with Gasteiger partial charge in [-0.05, 0) is 25.8 Å². The maximum atomic E-state index is 12.2. The zero-order valence-corrected chi connectivity index (χ0v) is 12.5. The van der Waals surface area contributed by atoms with Gasteiger partial charge in [-0.2, -0.15) is 5.10 Å². The predicted octanol–water partition coefficient (Wildman–Crippen LogP) is 0.534. The van der Waals surface area contributed by atoms with Crippen LogP contribution in [-0.2, 0) is 16.0 Å². The van der Waals surface area contributed by atoms with Crippen LogP contribution < -0.4 is 5.73 Å². The van der Waals surface area contributed by atoms with Gasteiger partial charge in [-0.15, -0.1) is 0 Å². The van der Waals surface area contributed by atoms with Crippen molar-refractivity contribution in [3.63, 3.8) is 0 Å². The fourth-order valence-electron chi connectivity index (χ4n) is 2.57. The molecule has 2 rings (SSSR count). The number of amides is 1. The number of aryl methyl sites for hydroxylation is 2. The predicted molar refractivity (Wildman–Crippen MR) is 76.4 cm³/mol. The Morgan fingerprint density at radius 3 is 2.90 bits per heavy atom. The molecule has 6 heteroatoms. The summed E-state index contributed by atoms with van der Waals surface area (Å²) < 4.78 is 5.33. The molecule has 0 radical (unpaired) electrons. The Kier molecular flexibility index (Phi) is 4.77. The number of carbonyl (C=O) groups excluding carboxylic acids is 1. The Morgan fingerprint density at radius 1 is 1.55 bits per heavy atom. The maximum Gasteiger partial charge on any atom is 0.223 e. The molecule has 3 N–H and O–H groups in total. The number of rotatable bonds is 4. The molecule has 1 saturated heterocycles. The van der Waals surface area contributed by atoms with E-state index in [4.69, 9.17) is 10.5 Å². The number of hydrogen-bond donors (Lipinski definition) is 2. The van der Waals surface area contributed by atoms with Gasteiger partial charge in [0.1, 0.15) is 0 Å². The Bertz CT molecular complexity index is 472. The minimum Gasteiger partial charge on any atom is -0.378 e. The van der Waals surface area contributed by atoms with Crippen LogP contribution in [0.25, 0.3) is 0 Å². The van der Waals surface area contributed by atoms with Gasteiger partial charge < -0.3 is 15.4 Å². The van der Waals surface area contributed by atoms with Crippen LogP contribution in [0.1, 0.15) is 29.8 Å². The maximum absolute atomic E-state index is 12.2. The summed E-state index contributed by atoms with van der Waals surface area (Å²) in [6, 6.07) is 0.0280. The van der Waals surface area contributed by atoms with E-state index in [1.165, 1.54) is 0 Å². The zero-order valence-electron chi connectivity index (χ0n) is 12.5. The number of nitrogens with zero attached hydrogens (tertiary/aromatic N) is 2.